The van der Waals surface area contributed by atoms with Crippen LogP contribution in [0.15, 0.2) is 45.5 Å². The summed E-state index contributed by atoms with van der Waals surface area (Å²) in [5.74, 6) is -0.178. The molecule has 1 aliphatic heterocycles. The number of sulfonamides is 1. The smallest absolute Gasteiger partial charge is 0.251 e. The van der Waals surface area contributed by atoms with Gasteiger partial charge in [-0.05, 0) is 30.4 Å². The zero-order chi connectivity index (χ0) is 18.9. The molecule has 0 saturated carbocycles. The van der Waals surface area contributed by atoms with E-state index in [1.807, 2.05) is 17.5 Å². The number of hydrogen-bond acceptors (Lipinski definition) is 5. The highest BCUT2D eigenvalue weighted by Gasteiger charge is 2.30. The number of hydrogen-bond donors (Lipinski definition) is 0. The van der Waals surface area contributed by atoms with Crippen LogP contribution in [0, 0.1) is 0 Å². The second-order valence-electron chi connectivity index (χ2n) is 6.38. The molecule has 2 aromatic heterocycles. The Kier molecular flexibility index (Phi) is 5.31. The summed E-state index contributed by atoms with van der Waals surface area (Å²) >= 11 is 1.61. The molecule has 140 valence electrons. The molecular weight excluding hydrogens is 374 g/mol. The highest BCUT2D eigenvalue weighted by molar-refractivity contribution is 7.89. The summed E-state index contributed by atoms with van der Waals surface area (Å²) in [6.07, 6.45) is 3.06. The van der Waals surface area contributed by atoms with Gasteiger partial charge in [0.05, 0.1) is 10.9 Å². The molecular formula is C17H21N3O4S2. The van der Waals surface area contributed by atoms with E-state index in [4.69, 9.17) is 0 Å². The molecule has 0 spiro atoms. The average molecular weight is 396 g/mol. The highest BCUT2D eigenvalue weighted by Crippen LogP contribution is 2.34. The number of rotatable bonds is 5. The Bertz CT molecular complexity index is 949. The van der Waals surface area contributed by atoms with E-state index in [2.05, 4.69) is 0 Å². The van der Waals surface area contributed by atoms with Gasteiger partial charge in [-0.25, -0.2) is 12.7 Å². The summed E-state index contributed by atoms with van der Waals surface area (Å²) in [7, 11) is -0.822. The highest BCUT2D eigenvalue weighted by atomic mass is 32.2. The summed E-state index contributed by atoms with van der Waals surface area (Å²) in [5.41, 5.74) is -0.400. The zero-order valence-corrected chi connectivity index (χ0v) is 16.3. The number of pyridine rings is 1. The molecule has 1 unspecified atom stereocenters. The topological polar surface area (TPSA) is 79.7 Å². The number of carbonyl (C=O) groups is 1. The number of nitrogens with zero attached hydrogens (tertiary/aromatic N) is 3. The fourth-order valence-electron chi connectivity index (χ4n) is 3.07. The van der Waals surface area contributed by atoms with Crippen molar-refractivity contribution in [2.45, 2.75) is 30.3 Å². The molecule has 3 heterocycles. The van der Waals surface area contributed by atoms with Crippen molar-refractivity contribution in [3.63, 3.8) is 0 Å². The van der Waals surface area contributed by atoms with E-state index in [1.165, 1.54) is 37.0 Å². The van der Waals surface area contributed by atoms with Gasteiger partial charge in [-0.1, -0.05) is 6.07 Å². The Labute approximate surface area is 156 Å². The van der Waals surface area contributed by atoms with Crippen molar-refractivity contribution >= 4 is 27.3 Å². The van der Waals surface area contributed by atoms with Crippen molar-refractivity contribution in [2.24, 2.45) is 0 Å². The van der Waals surface area contributed by atoms with Crippen LogP contribution in [0.1, 0.15) is 23.8 Å². The van der Waals surface area contributed by atoms with E-state index in [0.717, 1.165) is 22.0 Å². The molecule has 9 heteroatoms. The quantitative estimate of drug-likeness (QED) is 0.769. The lowest BCUT2D eigenvalue weighted by atomic mass is 10.2. The molecule has 26 heavy (non-hydrogen) atoms. The van der Waals surface area contributed by atoms with E-state index in [0.29, 0.717) is 6.54 Å². The third kappa shape index (κ3) is 3.60. The predicted octanol–water partition coefficient (Wildman–Crippen LogP) is 1.52. The fourth-order valence-corrected chi connectivity index (χ4v) is 4.87. The zero-order valence-electron chi connectivity index (χ0n) is 14.7. The normalized spacial score (nSPS) is 17.8. The number of amides is 1. The monoisotopic (exact) mass is 395 g/mol. The SMILES string of the molecule is CN(C)S(=O)(=O)c1ccc(=O)n(CC(=O)N2CCCC2c2cccs2)c1. The third-order valence-corrected chi connectivity index (χ3v) is 7.26. The second-order valence-corrected chi connectivity index (χ2v) is 9.51. The minimum atomic E-state index is -3.67. The molecule has 1 saturated heterocycles. The van der Waals surface area contributed by atoms with Crippen LogP contribution >= 0.6 is 11.3 Å². The number of thiophene rings is 1. The van der Waals surface area contributed by atoms with Crippen LogP contribution in [0.4, 0.5) is 0 Å². The van der Waals surface area contributed by atoms with Gasteiger partial charge in [0.1, 0.15) is 6.54 Å². The largest absolute Gasteiger partial charge is 0.333 e. The van der Waals surface area contributed by atoms with Gasteiger partial charge >= 0.3 is 0 Å². The van der Waals surface area contributed by atoms with Gasteiger partial charge < -0.3 is 9.47 Å². The minimum Gasteiger partial charge on any atom is -0.333 e. The lowest BCUT2D eigenvalue weighted by molar-refractivity contribution is -0.132. The summed E-state index contributed by atoms with van der Waals surface area (Å²) in [5, 5.41) is 1.98. The molecule has 1 amide bonds. The molecule has 1 atom stereocenters. The lowest BCUT2D eigenvalue weighted by Gasteiger charge is -2.24. The van der Waals surface area contributed by atoms with Crippen molar-refractivity contribution in [3.8, 4) is 0 Å². The maximum atomic E-state index is 12.8. The Morgan fingerprint density at radius 1 is 1.31 bits per heavy atom. The van der Waals surface area contributed by atoms with E-state index in [1.54, 1.807) is 16.2 Å². The minimum absolute atomic E-state index is 0.00821. The average Bonchev–Trinajstić information content (AvgIpc) is 3.27. The first-order valence-corrected chi connectivity index (χ1v) is 10.6. The third-order valence-electron chi connectivity index (χ3n) is 4.49. The maximum Gasteiger partial charge on any atom is 0.251 e. The first kappa shape index (κ1) is 18.8. The number of aromatic nitrogens is 1. The van der Waals surface area contributed by atoms with Crippen LogP contribution in [0.2, 0.25) is 0 Å². The lowest BCUT2D eigenvalue weighted by Crippen LogP contribution is -2.36. The van der Waals surface area contributed by atoms with Gasteiger partial charge in [0.2, 0.25) is 15.9 Å². The van der Waals surface area contributed by atoms with Gasteiger partial charge in [-0.15, -0.1) is 11.3 Å². The number of carbonyl (C=O) groups excluding carboxylic acids is 1. The first-order valence-electron chi connectivity index (χ1n) is 8.26. The molecule has 0 aromatic carbocycles. The summed E-state index contributed by atoms with van der Waals surface area (Å²) in [6.45, 7) is 0.476. The first-order chi connectivity index (χ1) is 12.3. The van der Waals surface area contributed by atoms with Crippen LogP contribution in [0.5, 0.6) is 0 Å². The molecule has 0 bridgehead atoms. The Balaban J connectivity index is 1.84. The van der Waals surface area contributed by atoms with Gasteiger partial charge in [-0.2, -0.15) is 0 Å². The summed E-state index contributed by atoms with van der Waals surface area (Å²) < 4.78 is 26.8. The van der Waals surface area contributed by atoms with E-state index >= 15 is 0 Å². The standard InChI is InChI=1S/C17H21N3O4S2/c1-18(2)26(23,24)13-7-8-16(21)19(11-13)12-17(22)20-9-3-5-14(20)15-6-4-10-25-15/h4,6-8,10-11,14H,3,5,9,12H2,1-2H3. The Morgan fingerprint density at radius 2 is 2.08 bits per heavy atom. The van der Waals surface area contributed by atoms with Crippen molar-refractivity contribution in [2.75, 3.05) is 20.6 Å². The van der Waals surface area contributed by atoms with Crippen molar-refractivity contribution < 1.29 is 13.2 Å². The van der Waals surface area contributed by atoms with E-state index < -0.39 is 15.6 Å². The fraction of sp³-hybridized carbons (Fsp3) is 0.412. The van der Waals surface area contributed by atoms with Crippen LogP contribution < -0.4 is 5.56 Å². The molecule has 0 N–H and O–H groups in total. The van der Waals surface area contributed by atoms with Crippen LogP contribution in [0.25, 0.3) is 0 Å². The molecule has 1 aliphatic rings. The van der Waals surface area contributed by atoms with Crippen molar-refractivity contribution in [3.05, 3.63) is 51.1 Å². The second kappa shape index (κ2) is 7.34. The Morgan fingerprint density at radius 3 is 2.73 bits per heavy atom. The van der Waals surface area contributed by atoms with E-state index in [-0.39, 0.29) is 23.4 Å². The molecule has 1 fully saturated rings. The van der Waals surface area contributed by atoms with Gasteiger partial charge in [0.25, 0.3) is 5.56 Å². The van der Waals surface area contributed by atoms with Crippen LogP contribution in [0.3, 0.4) is 0 Å². The van der Waals surface area contributed by atoms with Crippen LogP contribution in [-0.4, -0.2) is 48.7 Å². The summed E-state index contributed by atoms with van der Waals surface area (Å²) in [4.78, 5) is 27.8. The summed E-state index contributed by atoms with van der Waals surface area (Å²) in [6, 6.07) is 6.46. The molecule has 0 radical (unpaired) electrons. The molecule has 0 aliphatic carbocycles. The molecule has 3 rings (SSSR count). The maximum absolute atomic E-state index is 12.8. The van der Waals surface area contributed by atoms with Gasteiger partial charge in [0, 0.05) is 37.8 Å². The van der Waals surface area contributed by atoms with Gasteiger partial charge in [-0.3, -0.25) is 9.59 Å². The van der Waals surface area contributed by atoms with Crippen molar-refractivity contribution in [1.29, 1.82) is 0 Å². The Hall–Kier alpha value is -1.97. The number of likely N-dealkylation sites (tertiary alicyclic amines) is 1. The van der Waals surface area contributed by atoms with Crippen LogP contribution in [-0.2, 0) is 21.4 Å². The predicted molar refractivity (Wildman–Crippen MR) is 99.6 cm³/mol. The van der Waals surface area contributed by atoms with E-state index in [9.17, 15) is 18.0 Å². The molecule has 7 nitrogen and oxygen atoms in total. The van der Waals surface area contributed by atoms with Crippen molar-refractivity contribution in [1.82, 2.24) is 13.8 Å². The van der Waals surface area contributed by atoms with Gasteiger partial charge in [0.15, 0.2) is 0 Å². The molecule has 2 aromatic rings.